The number of halogens is 3. The topological polar surface area (TPSA) is 84.4 Å². The van der Waals surface area contributed by atoms with Crippen molar-refractivity contribution in [1.82, 2.24) is 14.3 Å². The Kier molecular flexibility index (Phi) is 7.16. The second-order valence-corrected chi connectivity index (χ2v) is 12.0. The normalized spacial score (nSPS) is 19.4. The minimum absolute atomic E-state index is 0.0181. The molecule has 0 amide bonds. The van der Waals surface area contributed by atoms with Crippen LogP contribution in [0.1, 0.15) is 60.0 Å². The summed E-state index contributed by atoms with van der Waals surface area (Å²) in [5.41, 5.74) is 1.63. The molecule has 2 aliphatic rings. The number of aryl methyl sites for hydroxylation is 1. The molecule has 0 spiro atoms. The zero-order chi connectivity index (χ0) is 26.2. The number of sulfonamides is 1. The van der Waals surface area contributed by atoms with E-state index < -0.39 is 21.8 Å². The van der Waals surface area contributed by atoms with E-state index in [1.54, 1.807) is 12.1 Å². The van der Waals surface area contributed by atoms with Crippen LogP contribution >= 0.6 is 11.5 Å². The van der Waals surface area contributed by atoms with E-state index in [1.807, 2.05) is 7.05 Å². The number of nitrogens with one attached hydrogen (secondary N) is 1. The molecular weight excluding hydrogens is 525 g/mol. The molecule has 2 aromatic carbocycles. The monoisotopic (exact) mass is 552 g/mol. The van der Waals surface area contributed by atoms with Crippen molar-refractivity contribution in [1.29, 1.82) is 0 Å². The van der Waals surface area contributed by atoms with Crippen LogP contribution in [0.15, 0.2) is 47.6 Å². The number of nitrogens with zero attached hydrogens (tertiary/aromatic N) is 3. The van der Waals surface area contributed by atoms with Crippen molar-refractivity contribution in [3.8, 4) is 5.75 Å². The van der Waals surface area contributed by atoms with E-state index in [-0.39, 0.29) is 22.0 Å². The van der Waals surface area contributed by atoms with E-state index in [2.05, 4.69) is 19.0 Å². The van der Waals surface area contributed by atoms with Crippen LogP contribution in [0.4, 0.5) is 18.3 Å². The average Bonchev–Trinajstić information content (AvgIpc) is 3.36. The molecule has 37 heavy (non-hydrogen) atoms. The van der Waals surface area contributed by atoms with Gasteiger partial charge in [-0.25, -0.2) is 13.4 Å². The Labute approximate surface area is 217 Å². The minimum atomic E-state index is -4.43. The molecule has 1 aliphatic carbocycles. The summed E-state index contributed by atoms with van der Waals surface area (Å²) in [4.78, 5) is 6.16. The third-order valence-corrected chi connectivity index (χ3v) is 9.08. The summed E-state index contributed by atoms with van der Waals surface area (Å²) in [6.45, 7) is 1.63. The molecule has 5 rings (SSSR count). The maximum absolute atomic E-state index is 13.5. The fourth-order valence-corrected chi connectivity index (χ4v) is 6.76. The van der Waals surface area contributed by atoms with Crippen molar-refractivity contribution in [2.24, 2.45) is 0 Å². The van der Waals surface area contributed by atoms with E-state index in [0.717, 1.165) is 61.1 Å². The molecule has 1 aromatic heterocycles. The molecule has 0 saturated carbocycles. The SMILES string of the molecule is CN1CCC(c2cc(C(F)(F)F)ccc2OC2CCCc3cc(S(=O)(=O)Nc4ncns4)ccc32)CC1. The van der Waals surface area contributed by atoms with Gasteiger partial charge < -0.3 is 9.64 Å². The zero-order valence-corrected chi connectivity index (χ0v) is 21.8. The Bertz CT molecular complexity index is 1360. The number of rotatable bonds is 6. The van der Waals surface area contributed by atoms with Crippen molar-refractivity contribution in [3.05, 3.63) is 65.0 Å². The van der Waals surface area contributed by atoms with Gasteiger partial charge >= 0.3 is 6.18 Å². The number of ether oxygens (including phenoxy) is 1. The highest BCUT2D eigenvalue weighted by Gasteiger charge is 2.34. The number of alkyl halides is 3. The maximum atomic E-state index is 13.5. The molecule has 1 fully saturated rings. The van der Waals surface area contributed by atoms with Crippen LogP contribution in [0.3, 0.4) is 0 Å². The molecule has 0 bridgehead atoms. The highest BCUT2D eigenvalue weighted by molar-refractivity contribution is 7.93. The van der Waals surface area contributed by atoms with Gasteiger partial charge in [-0.2, -0.15) is 17.5 Å². The zero-order valence-electron chi connectivity index (χ0n) is 20.2. The summed E-state index contributed by atoms with van der Waals surface area (Å²) < 4.78 is 78.9. The Morgan fingerprint density at radius 1 is 1.08 bits per heavy atom. The molecule has 1 aliphatic heterocycles. The summed E-state index contributed by atoms with van der Waals surface area (Å²) in [7, 11) is -1.82. The highest BCUT2D eigenvalue weighted by Crippen LogP contribution is 2.42. The van der Waals surface area contributed by atoms with Crippen molar-refractivity contribution in [2.75, 3.05) is 24.9 Å². The van der Waals surface area contributed by atoms with E-state index >= 15 is 0 Å². The number of anilines is 1. The van der Waals surface area contributed by atoms with Crippen LogP contribution in [0.25, 0.3) is 0 Å². The highest BCUT2D eigenvalue weighted by atomic mass is 32.2. The van der Waals surface area contributed by atoms with Gasteiger partial charge in [0.2, 0.25) is 5.13 Å². The predicted octanol–water partition coefficient (Wildman–Crippen LogP) is 5.62. The Morgan fingerprint density at radius 3 is 2.57 bits per heavy atom. The predicted molar refractivity (Wildman–Crippen MR) is 134 cm³/mol. The molecule has 7 nitrogen and oxygen atoms in total. The largest absolute Gasteiger partial charge is 0.485 e. The van der Waals surface area contributed by atoms with E-state index in [9.17, 15) is 21.6 Å². The maximum Gasteiger partial charge on any atom is 0.416 e. The Balaban J connectivity index is 1.43. The number of likely N-dealkylation sites (tertiary alicyclic amines) is 1. The van der Waals surface area contributed by atoms with Gasteiger partial charge in [-0.15, -0.1) is 0 Å². The van der Waals surface area contributed by atoms with E-state index in [1.165, 1.54) is 24.5 Å². The third kappa shape index (κ3) is 5.75. The summed E-state index contributed by atoms with van der Waals surface area (Å²) in [6, 6.07) is 8.66. The first-order valence-electron chi connectivity index (χ1n) is 12.1. The Morgan fingerprint density at radius 2 is 1.86 bits per heavy atom. The molecule has 198 valence electrons. The van der Waals surface area contributed by atoms with Crippen LogP contribution in [0.5, 0.6) is 5.75 Å². The van der Waals surface area contributed by atoms with Crippen molar-refractivity contribution in [3.63, 3.8) is 0 Å². The molecule has 1 atom stereocenters. The number of hydrogen-bond acceptors (Lipinski definition) is 7. The molecule has 12 heteroatoms. The first kappa shape index (κ1) is 25.9. The van der Waals surface area contributed by atoms with Gasteiger partial charge in [0.15, 0.2) is 0 Å². The first-order chi connectivity index (χ1) is 17.6. The van der Waals surface area contributed by atoms with Crippen LogP contribution in [0.2, 0.25) is 0 Å². The van der Waals surface area contributed by atoms with E-state index in [0.29, 0.717) is 24.2 Å². The second kappa shape index (κ2) is 10.2. The summed E-state index contributed by atoms with van der Waals surface area (Å²) in [6.07, 6.45) is 0.144. The van der Waals surface area contributed by atoms with Crippen LogP contribution in [-0.2, 0) is 22.6 Å². The quantitative estimate of drug-likeness (QED) is 0.427. The summed E-state index contributed by atoms with van der Waals surface area (Å²) >= 11 is 0.946. The van der Waals surface area contributed by atoms with Crippen molar-refractivity contribution in [2.45, 2.75) is 55.2 Å². The summed E-state index contributed by atoms with van der Waals surface area (Å²) in [5, 5.41) is 0.183. The number of fused-ring (bicyclic) bond motifs is 1. The second-order valence-electron chi connectivity index (χ2n) is 9.54. The first-order valence-corrected chi connectivity index (χ1v) is 14.3. The van der Waals surface area contributed by atoms with Gasteiger partial charge in [0.05, 0.1) is 10.5 Å². The molecule has 1 unspecified atom stereocenters. The fraction of sp³-hybridized carbons (Fsp3) is 0.440. The number of piperidine rings is 1. The number of aromatic nitrogens is 2. The van der Waals surface area contributed by atoms with Gasteiger partial charge in [-0.1, -0.05) is 6.07 Å². The lowest BCUT2D eigenvalue weighted by molar-refractivity contribution is -0.137. The molecule has 1 saturated heterocycles. The van der Waals surface area contributed by atoms with Gasteiger partial charge in [-0.05, 0) is 105 Å². The average molecular weight is 553 g/mol. The van der Waals surface area contributed by atoms with Gasteiger partial charge in [0.1, 0.15) is 18.2 Å². The fourth-order valence-electron chi connectivity index (χ4n) is 5.05. The Hall–Kier alpha value is -2.70. The lowest BCUT2D eigenvalue weighted by Crippen LogP contribution is -2.29. The standard InChI is InChI=1S/C25H27F3N4O3S2/c1-32-11-9-16(10-12-32)21-14-18(25(26,27)28)5-8-23(21)35-22-4-2-3-17-13-19(6-7-20(17)22)37(33,34)31-24-29-15-30-36-24/h5-8,13-16,22H,2-4,9-12H2,1H3,(H,29,30,31). The lowest BCUT2D eigenvalue weighted by Gasteiger charge is -2.32. The smallest absolute Gasteiger partial charge is 0.416 e. The summed E-state index contributed by atoms with van der Waals surface area (Å²) in [5.74, 6) is 0.450. The molecule has 0 radical (unpaired) electrons. The van der Waals surface area contributed by atoms with Crippen molar-refractivity contribution >= 4 is 26.7 Å². The molecule has 1 N–H and O–H groups in total. The molecule has 3 aromatic rings. The minimum Gasteiger partial charge on any atom is -0.485 e. The lowest BCUT2D eigenvalue weighted by atomic mass is 9.87. The van der Waals surface area contributed by atoms with Gasteiger partial charge in [0.25, 0.3) is 10.0 Å². The number of benzene rings is 2. The van der Waals surface area contributed by atoms with Gasteiger partial charge in [-0.3, -0.25) is 4.72 Å². The van der Waals surface area contributed by atoms with Crippen molar-refractivity contribution < 1.29 is 26.3 Å². The van der Waals surface area contributed by atoms with Crippen LogP contribution in [-0.4, -0.2) is 42.8 Å². The van der Waals surface area contributed by atoms with E-state index in [4.69, 9.17) is 4.74 Å². The molecular formula is C25H27F3N4O3S2. The van der Waals surface area contributed by atoms with Crippen LogP contribution in [0, 0.1) is 0 Å². The third-order valence-electron chi connectivity index (χ3n) is 7.03. The number of hydrogen-bond donors (Lipinski definition) is 1. The van der Waals surface area contributed by atoms with Crippen LogP contribution < -0.4 is 9.46 Å². The van der Waals surface area contributed by atoms with Gasteiger partial charge in [0, 0.05) is 11.5 Å². The molecule has 2 heterocycles.